The summed E-state index contributed by atoms with van der Waals surface area (Å²) in [7, 11) is 3.01. The van der Waals surface area contributed by atoms with E-state index >= 15 is 0 Å². The van der Waals surface area contributed by atoms with Gasteiger partial charge in [0.25, 0.3) is 5.56 Å². The Bertz CT molecular complexity index is 1590. The highest BCUT2D eigenvalue weighted by Gasteiger charge is 2.21. The SMILES string of the molecule is CCOc1ccc(-c2cn3c4c(=O)n(C)c(=O)n(C)c4nc3n2-c2ccc(F)cc2)cc1. The Morgan fingerprint density at radius 3 is 2.31 bits per heavy atom. The van der Waals surface area contributed by atoms with Crippen LogP contribution in [-0.4, -0.2) is 29.7 Å². The van der Waals surface area contributed by atoms with Crippen molar-refractivity contribution in [2.24, 2.45) is 14.1 Å². The fourth-order valence-corrected chi connectivity index (χ4v) is 3.91. The molecule has 0 aliphatic carbocycles. The molecule has 0 atom stereocenters. The first-order chi connectivity index (χ1) is 15.4. The van der Waals surface area contributed by atoms with Crippen LogP contribution in [-0.2, 0) is 14.1 Å². The van der Waals surface area contributed by atoms with E-state index in [2.05, 4.69) is 4.98 Å². The first-order valence-electron chi connectivity index (χ1n) is 10.1. The summed E-state index contributed by atoms with van der Waals surface area (Å²) < 4.78 is 25.1. The second-order valence-corrected chi connectivity index (χ2v) is 7.44. The maximum Gasteiger partial charge on any atom is 0.332 e. The molecule has 5 rings (SSSR count). The minimum Gasteiger partial charge on any atom is -0.494 e. The van der Waals surface area contributed by atoms with E-state index in [1.807, 2.05) is 35.8 Å². The molecule has 3 aromatic heterocycles. The van der Waals surface area contributed by atoms with Crippen LogP contribution in [0.1, 0.15) is 6.92 Å². The number of imidazole rings is 2. The zero-order valence-electron chi connectivity index (χ0n) is 17.7. The van der Waals surface area contributed by atoms with Crippen molar-refractivity contribution in [2.45, 2.75) is 6.92 Å². The summed E-state index contributed by atoms with van der Waals surface area (Å²) in [5.74, 6) is 0.827. The molecule has 162 valence electrons. The molecule has 9 heteroatoms. The third kappa shape index (κ3) is 2.85. The molecule has 0 aliphatic heterocycles. The average Bonchev–Trinajstić information content (AvgIpc) is 3.34. The van der Waals surface area contributed by atoms with Gasteiger partial charge in [-0.3, -0.25) is 22.9 Å². The zero-order valence-corrected chi connectivity index (χ0v) is 17.7. The number of benzene rings is 2. The van der Waals surface area contributed by atoms with Gasteiger partial charge in [0.2, 0.25) is 5.78 Å². The van der Waals surface area contributed by atoms with Gasteiger partial charge in [0.1, 0.15) is 11.6 Å². The molecule has 8 nitrogen and oxygen atoms in total. The summed E-state index contributed by atoms with van der Waals surface area (Å²) in [5, 5.41) is 0. The van der Waals surface area contributed by atoms with Crippen LogP contribution in [0.25, 0.3) is 33.9 Å². The molecule has 32 heavy (non-hydrogen) atoms. The van der Waals surface area contributed by atoms with Gasteiger partial charge in [0.05, 0.1) is 12.3 Å². The first-order valence-corrected chi connectivity index (χ1v) is 10.1. The summed E-state index contributed by atoms with van der Waals surface area (Å²) in [5.41, 5.74) is 1.95. The summed E-state index contributed by atoms with van der Waals surface area (Å²) in [6.45, 7) is 2.48. The van der Waals surface area contributed by atoms with E-state index in [0.29, 0.717) is 18.1 Å². The quantitative estimate of drug-likeness (QED) is 0.437. The molecule has 5 aromatic rings. The van der Waals surface area contributed by atoms with Gasteiger partial charge in [-0.2, -0.15) is 4.98 Å². The molecule has 0 saturated carbocycles. The van der Waals surface area contributed by atoms with E-state index < -0.39 is 11.2 Å². The number of aryl methyl sites for hydroxylation is 1. The Morgan fingerprint density at radius 2 is 1.66 bits per heavy atom. The van der Waals surface area contributed by atoms with Gasteiger partial charge in [-0.15, -0.1) is 0 Å². The average molecular weight is 433 g/mol. The van der Waals surface area contributed by atoms with Crippen molar-refractivity contribution in [1.82, 2.24) is 23.1 Å². The van der Waals surface area contributed by atoms with Crippen molar-refractivity contribution in [3.05, 3.63) is 81.4 Å². The molecular formula is C23H20FN5O3. The summed E-state index contributed by atoms with van der Waals surface area (Å²) >= 11 is 0. The lowest BCUT2D eigenvalue weighted by atomic mass is 10.1. The van der Waals surface area contributed by atoms with Crippen LogP contribution in [0.2, 0.25) is 0 Å². The topological polar surface area (TPSA) is 75.5 Å². The second-order valence-electron chi connectivity index (χ2n) is 7.44. The van der Waals surface area contributed by atoms with Gasteiger partial charge in [-0.25, -0.2) is 9.18 Å². The first kappa shape index (κ1) is 19.8. The third-order valence-corrected chi connectivity index (χ3v) is 5.51. The number of ether oxygens (including phenoxy) is 1. The fraction of sp³-hybridized carbons (Fsp3) is 0.174. The van der Waals surface area contributed by atoms with E-state index in [1.54, 1.807) is 29.8 Å². The van der Waals surface area contributed by atoms with Gasteiger partial charge < -0.3 is 4.74 Å². The maximum absolute atomic E-state index is 13.6. The highest BCUT2D eigenvalue weighted by Crippen LogP contribution is 2.30. The fourth-order valence-electron chi connectivity index (χ4n) is 3.91. The molecule has 0 saturated heterocycles. The number of halogens is 1. The smallest absolute Gasteiger partial charge is 0.332 e. The molecule has 0 aliphatic rings. The van der Waals surface area contributed by atoms with Crippen LogP contribution in [0.3, 0.4) is 0 Å². The molecule has 0 bridgehead atoms. The zero-order chi connectivity index (χ0) is 22.6. The van der Waals surface area contributed by atoms with Gasteiger partial charge >= 0.3 is 5.69 Å². The molecule has 0 spiro atoms. The monoisotopic (exact) mass is 433 g/mol. The van der Waals surface area contributed by atoms with Crippen molar-refractivity contribution >= 4 is 16.9 Å². The summed E-state index contributed by atoms with van der Waals surface area (Å²) in [6, 6.07) is 13.6. The molecule has 0 N–H and O–H groups in total. The number of hydrogen-bond acceptors (Lipinski definition) is 4. The lowest BCUT2D eigenvalue weighted by Gasteiger charge is -2.10. The predicted molar refractivity (Wildman–Crippen MR) is 119 cm³/mol. The molecule has 0 fully saturated rings. The van der Waals surface area contributed by atoms with Gasteiger partial charge in [0.15, 0.2) is 11.2 Å². The van der Waals surface area contributed by atoms with Crippen molar-refractivity contribution in [2.75, 3.05) is 6.61 Å². The normalized spacial score (nSPS) is 11.5. The highest BCUT2D eigenvalue weighted by molar-refractivity contribution is 5.79. The lowest BCUT2D eigenvalue weighted by molar-refractivity contribution is 0.340. The van der Waals surface area contributed by atoms with Crippen molar-refractivity contribution < 1.29 is 9.13 Å². The Kier molecular flexibility index (Phi) is 4.47. The Morgan fingerprint density at radius 1 is 0.969 bits per heavy atom. The van der Waals surface area contributed by atoms with E-state index in [1.165, 1.54) is 23.7 Å². The molecule has 3 heterocycles. The number of hydrogen-bond donors (Lipinski definition) is 0. The van der Waals surface area contributed by atoms with Crippen molar-refractivity contribution in [3.8, 4) is 22.7 Å². The van der Waals surface area contributed by atoms with Crippen LogP contribution < -0.4 is 16.0 Å². The Balaban J connectivity index is 1.87. The van der Waals surface area contributed by atoms with E-state index in [9.17, 15) is 14.0 Å². The Hall–Kier alpha value is -4.14. The van der Waals surface area contributed by atoms with Crippen LogP contribution in [0, 0.1) is 5.82 Å². The minimum atomic E-state index is -0.455. The largest absolute Gasteiger partial charge is 0.494 e. The van der Waals surface area contributed by atoms with Crippen LogP contribution in [0.15, 0.2) is 64.3 Å². The van der Waals surface area contributed by atoms with Gasteiger partial charge in [0, 0.05) is 31.5 Å². The molecule has 2 aromatic carbocycles. The van der Waals surface area contributed by atoms with Gasteiger partial charge in [-0.05, 0) is 55.5 Å². The number of fused-ring (bicyclic) bond motifs is 3. The van der Waals surface area contributed by atoms with E-state index in [4.69, 9.17) is 4.74 Å². The van der Waals surface area contributed by atoms with Crippen molar-refractivity contribution in [1.29, 1.82) is 0 Å². The van der Waals surface area contributed by atoms with Gasteiger partial charge in [-0.1, -0.05) is 0 Å². The standard InChI is InChI=1S/C23H20FN5O3/c1-4-32-17-11-5-14(6-12-17)18-13-28-19-20(26(2)23(31)27(3)21(19)30)25-22(28)29(18)16-9-7-15(24)8-10-16/h5-13H,4H2,1-3H3. The van der Waals surface area contributed by atoms with E-state index in [0.717, 1.165) is 21.6 Å². The summed E-state index contributed by atoms with van der Waals surface area (Å²) in [6.07, 6.45) is 1.80. The molecular weight excluding hydrogens is 413 g/mol. The Labute approximate surface area is 181 Å². The number of aromatic nitrogens is 5. The predicted octanol–water partition coefficient (Wildman–Crippen LogP) is 2.88. The van der Waals surface area contributed by atoms with Crippen LogP contribution in [0.5, 0.6) is 5.75 Å². The number of nitrogens with zero attached hydrogens (tertiary/aromatic N) is 5. The van der Waals surface area contributed by atoms with Crippen molar-refractivity contribution in [3.63, 3.8) is 0 Å². The molecule has 0 unspecified atom stereocenters. The lowest BCUT2D eigenvalue weighted by Crippen LogP contribution is -2.37. The minimum absolute atomic E-state index is 0.280. The highest BCUT2D eigenvalue weighted by atomic mass is 19.1. The molecule has 0 radical (unpaired) electrons. The second kappa shape index (κ2) is 7.23. The summed E-state index contributed by atoms with van der Waals surface area (Å²) in [4.78, 5) is 30.0. The van der Waals surface area contributed by atoms with Crippen LogP contribution >= 0.6 is 0 Å². The molecule has 0 amide bonds. The van der Waals surface area contributed by atoms with E-state index in [-0.39, 0.29) is 17.0 Å². The maximum atomic E-state index is 13.6. The van der Waals surface area contributed by atoms with Crippen LogP contribution in [0.4, 0.5) is 4.39 Å². The number of rotatable bonds is 4. The third-order valence-electron chi connectivity index (χ3n) is 5.51.